The smallest absolute Gasteiger partial charge is 0.363 e. The van der Waals surface area contributed by atoms with Gasteiger partial charge >= 0.3 is 11.9 Å². The van der Waals surface area contributed by atoms with Gasteiger partial charge in [-0.15, -0.1) is 0 Å². The van der Waals surface area contributed by atoms with Crippen molar-refractivity contribution >= 4 is 29.6 Å². The van der Waals surface area contributed by atoms with E-state index >= 15 is 0 Å². The van der Waals surface area contributed by atoms with E-state index in [0.717, 1.165) is 0 Å². The molecule has 4 rings (SSSR count). The molecule has 1 aliphatic heterocycles. The van der Waals surface area contributed by atoms with Gasteiger partial charge in [0, 0.05) is 17.7 Å². The minimum atomic E-state index is -0.661. The zero-order chi connectivity index (χ0) is 24.1. The highest BCUT2D eigenvalue weighted by atomic mass is 16.6. The molecule has 0 aromatic heterocycles. The molecule has 0 atom stereocenters. The number of hydrogen-bond donors (Lipinski definition) is 0. The van der Waals surface area contributed by atoms with Gasteiger partial charge in [-0.3, -0.25) is 10.1 Å². The molecular formula is C25H18N2O7. The molecule has 1 aliphatic rings. The highest BCUT2D eigenvalue weighted by Crippen LogP contribution is 2.31. The fourth-order valence-electron chi connectivity index (χ4n) is 3.12. The molecule has 0 bridgehead atoms. The van der Waals surface area contributed by atoms with Crippen LogP contribution in [0.5, 0.6) is 11.5 Å². The van der Waals surface area contributed by atoms with Crippen LogP contribution in [0.3, 0.4) is 0 Å². The highest BCUT2D eigenvalue weighted by molar-refractivity contribution is 6.12. The molecule has 0 N–H and O–H groups in total. The Bertz CT molecular complexity index is 1310. The first-order valence-electron chi connectivity index (χ1n) is 10.3. The van der Waals surface area contributed by atoms with E-state index in [4.69, 9.17) is 14.2 Å². The molecule has 0 unspecified atom stereocenters. The summed E-state index contributed by atoms with van der Waals surface area (Å²) in [6, 6.07) is 18.9. The normalized spacial score (nSPS) is 13.9. The Kier molecular flexibility index (Phi) is 6.45. The second-order valence-corrected chi connectivity index (χ2v) is 7.03. The quantitative estimate of drug-likeness (QED) is 0.167. The van der Waals surface area contributed by atoms with E-state index in [9.17, 15) is 19.7 Å². The Balaban J connectivity index is 1.58. The third-order valence-electron chi connectivity index (χ3n) is 4.73. The number of cyclic esters (lactones) is 1. The largest absolute Gasteiger partial charge is 0.490 e. The molecule has 9 heteroatoms. The van der Waals surface area contributed by atoms with Crippen LogP contribution in [-0.4, -0.2) is 29.4 Å². The Hall–Kier alpha value is -4.79. The molecule has 0 radical (unpaired) electrons. The topological polar surface area (TPSA) is 117 Å². The van der Waals surface area contributed by atoms with Gasteiger partial charge in [0.25, 0.3) is 5.69 Å². The van der Waals surface area contributed by atoms with Crippen LogP contribution in [-0.2, 0) is 9.53 Å². The molecule has 9 nitrogen and oxygen atoms in total. The maximum absolute atomic E-state index is 12.4. The number of nitro benzene ring substituents is 1. The van der Waals surface area contributed by atoms with E-state index in [1.807, 2.05) is 0 Å². The van der Waals surface area contributed by atoms with Crippen molar-refractivity contribution in [1.29, 1.82) is 0 Å². The Morgan fingerprint density at radius 1 is 1.06 bits per heavy atom. The van der Waals surface area contributed by atoms with Crippen molar-refractivity contribution in [3.05, 3.63) is 105 Å². The van der Waals surface area contributed by atoms with Crippen molar-refractivity contribution in [2.24, 2.45) is 4.99 Å². The van der Waals surface area contributed by atoms with Crippen LogP contribution in [0.25, 0.3) is 6.08 Å². The number of carbonyl (C=O) groups is 2. The third kappa shape index (κ3) is 4.99. The summed E-state index contributed by atoms with van der Waals surface area (Å²) in [6.07, 6.45) is 1.51. The summed E-state index contributed by atoms with van der Waals surface area (Å²) in [5, 5.41) is 10.8. The number of carbonyl (C=O) groups excluding carboxylic acids is 2. The van der Waals surface area contributed by atoms with Crippen molar-refractivity contribution < 1.29 is 28.7 Å². The van der Waals surface area contributed by atoms with Crippen molar-refractivity contribution in [3.63, 3.8) is 0 Å². The molecule has 0 amide bonds. The third-order valence-corrected chi connectivity index (χ3v) is 4.73. The number of nitrogens with zero attached hydrogens (tertiary/aromatic N) is 2. The summed E-state index contributed by atoms with van der Waals surface area (Å²) in [5.74, 6) is -0.575. The van der Waals surface area contributed by atoms with Gasteiger partial charge in [-0.1, -0.05) is 24.3 Å². The number of ether oxygens (including phenoxy) is 3. The van der Waals surface area contributed by atoms with Gasteiger partial charge < -0.3 is 14.2 Å². The van der Waals surface area contributed by atoms with Crippen LogP contribution in [0.4, 0.5) is 5.69 Å². The first-order chi connectivity index (χ1) is 16.4. The van der Waals surface area contributed by atoms with Crippen LogP contribution >= 0.6 is 0 Å². The maximum Gasteiger partial charge on any atom is 0.363 e. The van der Waals surface area contributed by atoms with E-state index in [2.05, 4.69) is 4.99 Å². The maximum atomic E-state index is 12.4. The van der Waals surface area contributed by atoms with E-state index in [-0.39, 0.29) is 23.0 Å². The lowest BCUT2D eigenvalue weighted by atomic mass is 10.1. The van der Waals surface area contributed by atoms with Gasteiger partial charge in [-0.2, -0.15) is 0 Å². The average molecular weight is 458 g/mol. The first-order valence-corrected chi connectivity index (χ1v) is 10.3. The van der Waals surface area contributed by atoms with Gasteiger partial charge in [0.05, 0.1) is 17.1 Å². The van der Waals surface area contributed by atoms with Crippen LogP contribution < -0.4 is 9.47 Å². The molecule has 3 aromatic carbocycles. The van der Waals surface area contributed by atoms with E-state index in [1.54, 1.807) is 55.5 Å². The molecule has 0 saturated heterocycles. The molecule has 1 heterocycles. The lowest BCUT2D eigenvalue weighted by molar-refractivity contribution is -0.384. The molecule has 3 aromatic rings. The summed E-state index contributed by atoms with van der Waals surface area (Å²) in [6.45, 7) is 2.13. The molecule has 170 valence electrons. The number of benzene rings is 3. The summed E-state index contributed by atoms with van der Waals surface area (Å²) < 4.78 is 16.3. The monoisotopic (exact) mass is 458 g/mol. The van der Waals surface area contributed by atoms with Crippen molar-refractivity contribution in [3.8, 4) is 11.5 Å². The van der Waals surface area contributed by atoms with Crippen LogP contribution in [0.1, 0.15) is 28.4 Å². The number of rotatable bonds is 7. The van der Waals surface area contributed by atoms with Crippen molar-refractivity contribution in [1.82, 2.24) is 0 Å². The Morgan fingerprint density at radius 3 is 2.47 bits per heavy atom. The number of hydrogen-bond acceptors (Lipinski definition) is 8. The number of esters is 2. The fourth-order valence-corrected chi connectivity index (χ4v) is 3.12. The van der Waals surface area contributed by atoms with Crippen LogP contribution in [0.15, 0.2) is 83.5 Å². The van der Waals surface area contributed by atoms with Gasteiger partial charge in [0.15, 0.2) is 17.2 Å². The number of aliphatic imine (C=N–C) groups is 1. The molecule has 0 spiro atoms. The SMILES string of the molecule is CCOc1cc(/C=C2/N=C(c3ccc([N+](=O)[O-])cc3)OC2=O)ccc1OC(=O)c1ccccc1. The predicted octanol–water partition coefficient (Wildman–Crippen LogP) is 4.56. The summed E-state index contributed by atoms with van der Waals surface area (Å²) >= 11 is 0. The zero-order valence-corrected chi connectivity index (χ0v) is 18.0. The molecule has 34 heavy (non-hydrogen) atoms. The summed E-state index contributed by atoms with van der Waals surface area (Å²) in [7, 11) is 0. The minimum absolute atomic E-state index is 0.0459. The highest BCUT2D eigenvalue weighted by Gasteiger charge is 2.25. The average Bonchev–Trinajstić information content (AvgIpc) is 3.21. The lowest BCUT2D eigenvalue weighted by Gasteiger charge is -2.11. The molecule has 0 aliphatic carbocycles. The molecule has 0 fully saturated rings. The van der Waals surface area contributed by atoms with Crippen molar-refractivity contribution in [2.75, 3.05) is 6.61 Å². The lowest BCUT2D eigenvalue weighted by Crippen LogP contribution is -2.09. The van der Waals surface area contributed by atoms with Crippen LogP contribution in [0, 0.1) is 10.1 Å². The van der Waals surface area contributed by atoms with E-state index < -0.39 is 16.9 Å². The fraction of sp³-hybridized carbons (Fsp3) is 0.0800. The van der Waals surface area contributed by atoms with Gasteiger partial charge in [-0.25, -0.2) is 14.6 Å². The van der Waals surface area contributed by atoms with Crippen LogP contribution in [0.2, 0.25) is 0 Å². The van der Waals surface area contributed by atoms with Gasteiger partial charge in [0.1, 0.15) is 0 Å². The predicted molar refractivity (Wildman–Crippen MR) is 123 cm³/mol. The van der Waals surface area contributed by atoms with Crippen molar-refractivity contribution in [2.45, 2.75) is 6.92 Å². The summed E-state index contributed by atoms with van der Waals surface area (Å²) in [4.78, 5) is 39.2. The molecular weight excluding hydrogens is 440 g/mol. The summed E-state index contributed by atoms with van der Waals surface area (Å²) in [5.41, 5.74) is 1.37. The van der Waals surface area contributed by atoms with Gasteiger partial charge in [0.2, 0.25) is 5.90 Å². The number of non-ortho nitro benzene ring substituents is 1. The standard InChI is InChI=1S/C25H18N2O7/c1-2-32-22-15-16(8-13-21(22)33-24(28)18-6-4-3-5-7-18)14-20-25(29)34-23(26-20)17-9-11-19(12-10-17)27(30)31/h3-15H,2H2,1H3/b20-14+. The second-order valence-electron chi connectivity index (χ2n) is 7.03. The Morgan fingerprint density at radius 2 is 1.79 bits per heavy atom. The van der Waals surface area contributed by atoms with E-state index in [0.29, 0.717) is 29.0 Å². The second kappa shape index (κ2) is 9.78. The number of nitro groups is 1. The Labute approximate surface area is 194 Å². The van der Waals surface area contributed by atoms with E-state index in [1.165, 1.54) is 30.3 Å². The minimum Gasteiger partial charge on any atom is -0.490 e. The van der Waals surface area contributed by atoms with Gasteiger partial charge in [-0.05, 0) is 55.0 Å². The molecule has 0 saturated carbocycles. The first kappa shape index (κ1) is 22.4. The zero-order valence-electron chi connectivity index (χ0n) is 18.0.